The second kappa shape index (κ2) is 6.02. The van der Waals surface area contributed by atoms with Crippen LogP contribution in [0.15, 0.2) is 35.2 Å². The lowest BCUT2D eigenvalue weighted by Gasteiger charge is -2.13. The van der Waals surface area contributed by atoms with E-state index in [-0.39, 0.29) is 5.56 Å². The fourth-order valence-corrected chi connectivity index (χ4v) is 3.90. The Hall–Kier alpha value is -3.00. The quantitative estimate of drug-likeness (QED) is 0.724. The number of halogens is 5. The van der Waals surface area contributed by atoms with Crippen LogP contribution >= 0.6 is 0 Å². The summed E-state index contributed by atoms with van der Waals surface area (Å²) in [6.45, 7) is 0. The summed E-state index contributed by atoms with van der Waals surface area (Å²) < 4.78 is 96.5. The molecule has 2 aromatic carbocycles. The first-order valence-electron chi connectivity index (χ1n) is 7.01. The van der Waals surface area contributed by atoms with Gasteiger partial charge in [-0.3, -0.25) is 4.79 Å². The Morgan fingerprint density at radius 1 is 1.15 bits per heavy atom. The Bertz CT molecular complexity index is 1120. The highest BCUT2D eigenvalue weighted by atomic mass is 32.2. The Kier molecular flexibility index (Phi) is 4.19. The molecule has 0 N–H and O–H groups in total. The molecule has 0 bridgehead atoms. The summed E-state index contributed by atoms with van der Waals surface area (Å²) in [5, 5.41) is 3.90. The maximum atomic E-state index is 13.8. The van der Waals surface area contributed by atoms with Crippen molar-refractivity contribution in [1.82, 2.24) is 0 Å². The van der Waals surface area contributed by atoms with Crippen LogP contribution in [-0.2, 0) is 9.84 Å². The van der Waals surface area contributed by atoms with E-state index in [4.69, 9.17) is 10.00 Å². The van der Waals surface area contributed by atoms with Crippen molar-refractivity contribution in [3.8, 4) is 17.6 Å². The van der Waals surface area contributed by atoms with Gasteiger partial charge in [0.2, 0.25) is 5.78 Å². The van der Waals surface area contributed by atoms with Crippen molar-refractivity contribution in [2.24, 2.45) is 0 Å². The van der Waals surface area contributed by atoms with Gasteiger partial charge in [-0.15, -0.1) is 0 Å². The van der Waals surface area contributed by atoms with Crippen molar-refractivity contribution >= 4 is 15.6 Å². The summed E-state index contributed by atoms with van der Waals surface area (Å²) in [5.74, 6) is -4.47. The average Bonchev–Trinajstić information content (AvgIpc) is 2.71. The van der Waals surface area contributed by atoms with Gasteiger partial charge in [-0.2, -0.15) is 14.0 Å². The second-order valence-corrected chi connectivity index (χ2v) is 7.35. The molecule has 1 heterocycles. The molecule has 0 radical (unpaired) electrons. The lowest BCUT2D eigenvalue weighted by molar-refractivity contribution is 0.0541. The molecule has 0 unspecified atom stereocenters. The van der Waals surface area contributed by atoms with Gasteiger partial charge >= 0.3 is 5.25 Å². The van der Waals surface area contributed by atoms with Crippen LogP contribution in [0.5, 0.6) is 11.5 Å². The number of rotatable bonds is 3. The number of carbonyl (C=O) groups is 1. The second-order valence-electron chi connectivity index (χ2n) is 5.39. The maximum absolute atomic E-state index is 13.8. The summed E-state index contributed by atoms with van der Waals surface area (Å²) in [4.78, 5) is 10.6. The third kappa shape index (κ3) is 2.73. The minimum Gasteiger partial charge on any atom is -0.457 e. The topological polar surface area (TPSA) is 84.2 Å². The van der Waals surface area contributed by atoms with Crippen molar-refractivity contribution in [2.45, 2.75) is 16.6 Å². The summed E-state index contributed by atoms with van der Waals surface area (Å²) in [6.07, 6.45) is -3.55. The van der Waals surface area contributed by atoms with Gasteiger partial charge in [-0.1, -0.05) is 0 Å². The van der Waals surface area contributed by atoms with E-state index in [0.29, 0.717) is 12.1 Å². The Labute approximate surface area is 148 Å². The average molecular weight is 403 g/mol. The molecule has 3 rings (SSSR count). The molecule has 5 nitrogen and oxygen atoms in total. The van der Waals surface area contributed by atoms with Crippen LogP contribution in [0.25, 0.3) is 0 Å². The molecule has 2 aromatic rings. The van der Waals surface area contributed by atoms with E-state index in [9.17, 15) is 35.2 Å². The molecule has 0 aromatic heterocycles. The molecular formula is C16H6F5NO4S. The third-order valence-corrected chi connectivity index (χ3v) is 5.51. The van der Waals surface area contributed by atoms with Gasteiger partial charge < -0.3 is 4.74 Å². The van der Waals surface area contributed by atoms with Crippen LogP contribution in [0, 0.1) is 17.1 Å². The number of fused-ring (bicyclic) bond motifs is 1. The molecule has 0 saturated carbocycles. The predicted molar refractivity (Wildman–Crippen MR) is 79.1 cm³/mol. The zero-order valence-electron chi connectivity index (χ0n) is 12.8. The van der Waals surface area contributed by atoms with Gasteiger partial charge in [-0.25, -0.2) is 21.6 Å². The maximum Gasteiger partial charge on any atom is 0.411 e. The SMILES string of the molecule is N#Cc1cc(F)cc(Oc2ccc3c(c2C(F)F)C(=O)C(F)(F)S3(=O)=O)c1. The number of ether oxygens (including phenoxy) is 1. The highest BCUT2D eigenvalue weighted by Gasteiger charge is 2.62. The molecule has 1 aliphatic rings. The molecule has 0 fully saturated rings. The first kappa shape index (κ1) is 18.8. The number of carbonyl (C=O) groups excluding carboxylic acids is 1. The summed E-state index contributed by atoms with van der Waals surface area (Å²) in [6, 6.07) is 5.35. The smallest absolute Gasteiger partial charge is 0.411 e. The normalized spacial score (nSPS) is 16.9. The summed E-state index contributed by atoms with van der Waals surface area (Å²) in [7, 11) is -5.47. The predicted octanol–water partition coefficient (Wildman–Crippen LogP) is 3.99. The number of benzene rings is 2. The number of hydrogen-bond acceptors (Lipinski definition) is 5. The van der Waals surface area contributed by atoms with E-state index in [1.54, 1.807) is 6.07 Å². The van der Waals surface area contributed by atoms with Crippen LogP contribution in [-0.4, -0.2) is 19.5 Å². The number of Topliss-reactive ketones (excluding diaryl/α,β-unsaturated/α-hetero) is 1. The van der Waals surface area contributed by atoms with Crippen molar-refractivity contribution in [3.63, 3.8) is 0 Å². The van der Waals surface area contributed by atoms with Gasteiger partial charge in [0.25, 0.3) is 16.3 Å². The van der Waals surface area contributed by atoms with Gasteiger partial charge in [-0.05, 0) is 24.3 Å². The summed E-state index contributed by atoms with van der Waals surface area (Å²) >= 11 is 0. The fraction of sp³-hybridized carbons (Fsp3) is 0.125. The summed E-state index contributed by atoms with van der Waals surface area (Å²) in [5.41, 5.74) is -2.94. The minimum atomic E-state index is -5.47. The Morgan fingerprint density at radius 2 is 1.81 bits per heavy atom. The number of alkyl halides is 4. The van der Waals surface area contributed by atoms with E-state index in [1.165, 1.54) is 0 Å². The largest absolute Gasteiger partial charge is 0.457 e. The van der Waals surface area contributed by atoms with Crippen LogP contribution in [0.1, 0.15) is 27.9 Å². The molecule has 140 valence electrons. The lowest BCUT2D eigenvalue weighted by atomic mass is 10.0. The molecule has 0 atom stereocenters. The molecule has 0 amide bonds. The van der Waals surface area contributed by atoms with Crippen LogP contribution in [0.2, 0.25) is 0 Å². The fourth-order valence-electron chi connectivity index (χ4n) is 2.56. The van der Waals surface area contributed by atoms with Gasteiger partial charge in [0, 0.05) is 6.07 Å². The van der Waals surface area contributed by atoms with Crippen LogP contribution < -0.4 is 4.74 Å². The van der Waals surface area contributed by atoms with Gasteiger partial charge in [0.1, 0.15) is 17.3 Å². The third-order valence-electron chi connectivity index (χ3n) is 3.73. The highest BCUT2D eigenvalue weighted by molar-refractivity contribution is 7.94. The monoisotopic (exact) mass is 403 g/mol. The standard InChI is InChI=1S/C16H6F5NO4S/c17-8-3-7(6-22)4-9(5-8)26-10-1-2-11-13(12(10)15(18)19)14(23)16(20,21)27(11,24)25/h1-5,15H. The molecule has 11 heteroatoms. The van der Waals surface area contributed by atoms with E-state index >= 15 is 0 Å². The number of sulfone groups is 1. The van der Waals surface area contributed by atoms with Gasteiger partial charge in [0.15, 0.2) is 0 Å². The molecule has 27 heavy (non-hydrogen) atoms. The van der Waals surface area contributed by atoms with Crippen molar-refractivity contribution in [2.75, 3.05) is 0 Å². The lowest BCUT2D eigenvalue weighted by Crippen LogP contribution is -2.30. The minimum absolute atomic E-state index is 0.213. The van der Waals surface area contributed by atoms with Crippen LogP contribution in [0.3, 0.4) is 0 Å². The van der Waals surface area contributed by atoms with Gasteiger partial charge in [0.05, 0.1) is 27.7 Å². The zero-order chi connectivity index (χ0) is 20.1. The molecular weight excluding hydrogens is 397 g/mol. The molecule has 0 spiro atoms. The number of hydrogen-bond donors (Lipinski definition) is 0. The molecule has 0 aliphatic carbocycles. The molecule has 0 saturated heterocycles. The number of nitriles is 1. The number of nitrogens with zero attached hydrogens (tertiary/aromatic N) is 1. The Balaban J connectivity index is 2.22. The Morgan fingerprint density at radius 3 is 2.41 bits per heavy atom. The van der Waals surface area contributed by atoms with Crippen molar-refractivity contribution in [1.29, 1.82) is 5.26 Å². The van der Waals surface area contributed by atoms with Crippen LogP contribution in [0.4, 0.5) is 22.0 Å². The van der Waals surface area contributed by atoms with E-state index in [0.717, 1.165) is 18.2 Å². The van der Waals surface area contributed by atoms with E-state index in [1.807, 2.05) is 0 Å². The number of ketones is 1. The first-order chi connectivity index (χ1) is 12.5. The van der Waals surface area contributed by atoms with Crippen molar-refractivity contribution in [3.05, 3.63) is 52.8 Å². The zero-order valence-corrected chi connectivity index (χ0v) is 13.7. The first-order valence-corrected chi connectivity index (χ1v) is 8.50. The molecule has 1 aliphatic heterocycles. The van der Waals surface area contributed by atoms with E-state index in [2.05, 4.69) is 0 Å². The van der Waals surface area contributed by atoms with E-state index < -0.39 is 60.6 Å². The highest BCUT2D eigenvalue weighted by Crippen LogP contribution is 2.48. The van der Waals surface area contributed by atoms with Crippen molar-refractivity contribution < 1.29 is 39.9 Å².